The molecule has 1 aliphatic rings. The van der Waals surface area contributed by atoms with E-state index in [0.29, 0.717) is 17.5 Å². The van der Waals surface area contributed by atoms with Gasteiger partial charge in [0, 0.05) is 17.0 Å². The van der Waals surface area contributed by atoms with Crippen molar-refractivity contribution in [2.45, 2.75) is 25.9 Å². The molecule has 0 amide bonds. The van der Waals surface area contributed by atoms with Crippen LogP contribution in [0.2, 0.25) is 5.02 Å². The van der Waals surface area contributed by atoms with Gasteiger partial charge in [-0.15, -0.1) is 0 Å². The van der Waals surface area contributed by atoms with E-state index in [-0.39, 0.29) is 5.41 Å². The Morgan fingerprint density at radius 1 is 1.50 bits per heavy atom. The molecular formula is C13H18ClNO. The average molecular weight is 240 g/mol. The molecule has 0 spiro atoms. The number of aliphatic hydroxyl groups is 1. The molecule has 1 saturated carbocycles. The van der Waals surface area contributed by atoms with Gasteiger partial charge >= 0.3 is 0 Å². The molecule has 1 aromatic rings. The van der Waals surface area contributed by atoms with E-state index in [1.807, 2.05) is 24.3 Å². The van der Waals surface area contributed by atoms with Gasteiger partial charge in [0.15, 0.2) is 0 Å². The molecule has 88 valence electrons. The van der Waals surface area contributed by atoms with Gasteiger partial charge in [-0.3, -0.25) is 0 Å². The van der Waals surface area contributed by atoms with E-state index in [2.05, 4.69) is 6.92 Å². The van der Waals surface area contributed by atoms with Gasteiger partial charge in [0.25, 0.3) is 0 Å². The highest BCUT2D eigenvalue weighted by molar-refractivity contribution is 6.31. The molecule has 0 bridgehead atoms. The summed E-state index contributed by atoms with van der Waals surface area (Å²) in [6.45, 7) is 2.71. The third-order valence-electron chi connectivity index (χ3n) is 3.70. The van der Waals surface area contributed by atoms with Gasteiger partial charge in [0.05, 0.1) is 6.10 Å². The molecule has 3 heteroatoms. The minimum absolute atomic E-state index is 0.162. The van der Waals surface area contributed by atoms with Crippen LogP contribution in [-0.2, 0) is 0 Å². The van der Waals surface area contributed by atoms with Crippen LogP contribution in [0.5, 0.6) is 0 Å². The Labute approximate surface area is 101 Å². The SMILES string of the molecule is CC1CC(CN)(C(O)c2ccccc2Cl)C1. The molecule has 1 fully saturated rings. The summed E-state index contributed by atoms with van der Waals surface area (Å²) in [5, 5.41) is 11.1. The molecule has 0 aliphatic heterocycles. The Morgan fingerprint density at radius 2 is 2.12 bits per heavy atom. The molecule has 3 N–H and O–H groups in total. The van der Waals surface area contributed by atoms with Crippen LogP contribution in [0.1, 0.15) is 31.4 Å². The number of nitrogens with two attached hydrogens (primary N) is 1. The first-order valence-corrected chi connectivity index (χ1v) is 6.09. The number of rotatable bonds is 3. The lowest BCUT2D eigenvalue weighted by molar-refractivity contribution is -0.0601. The summed E-state index contributed by atoms with van der Waals surface area (Å²) in [5.41, 5.74) is 6.46. The lowest BCUT2D eigenvalue weighted by Gasteiger charge is -2.49. The van der Waals surface area contributed by atoms with Crippen LogP contribution in [0.3, 0.4) is 0 Å². The monoisotopic (exact) mass is 239 g/mol. The summed E-state index contributed by atoms with van der Waals surface area (Å²) in [6.07, 6.45) is 1.42. The van der Waals surface area contributed by atoms with Crippen LogP contribution < -0.4 is 5.73 Å². The van der Waals surface area contributed by atoms with Gasteiger partial charge in [-0.2, -0.15) is 0 Å². The van der Waals surface area contributed by atoms with Gasteiger partial charge in [0.2, 0.25) is 0 Å². The second kappa shape index (κ2) is 4.36. The molecule has 2 rings (SSSR count). The highest BCUT2D eigenvalue weighted by Crippen LogP contribution is 2.53. The Kier molecular flexibility index (Phi) is 3.24. The van der Waals surface area contributed by atoms with Crippen molar-refractivity contribution in [1.82, 2.24) is 0 Å². The molecule has 0 radical (unpaired) electrons. The fourth-order valence-electron chi connectivity index (χ4n) is 2.86. The minimum atomic E-state index is -0.539. The van der Waals surface area contributed by atoms with Crippen molar-refractivity contribution in [2.24, 2.45) is 17.1 Å². The maximum atomic E-state index is 10.4. The fourth-order valence-corrected chi connectivity index (χ4v) is 3.10. The Hall–Kier alpha value is -0.570. The lowest BCUT2D eigenvalue weighted by atomic mass is 9.58. The Morgan fingerprint density at radius 3 is 2.62 bits per heavy atom. The fraction of sp³-hybridized carbons (Fsp3) is 0.538. The minimum Gasteiger partial charge on any atom is -0.388 e. The van der Waals surface area contributed by atoms with Crippen molar-refractivity contribution in [3.63, 3.8) is 0 Å². The maximum absolute atomic E-state index is 10.4. The molecule has 16 heavy (non-hydrogen) atoms. The van der Waals surface area contributed by atoms with Crippen molar-refractivity contribution in [2.75, 3.05) is 6.54 Å². The van der Waals surface area contributed by atoms with Crippen LogP contribution in [0.4, 0.5) is 0 Å². The lowest BCUT2D eigenvalue weighted by Crippen LogP contribution is -2.46. The van der Waals surface area contributed by atoms with Gasteiger partial charge in [-0.1, -0.05) is 36.7 Å². The van der Waals surface area contributed by atoms with Crippen LogP contribution in [0, 0.1) is 11.3 Å². The molecule has 1 aliphatic carbocycles. The van der Waals surface area contributed by atoms with Crippen molar-refractivity contribution >= 4 is 11.6 Å². The summed E-state index contributed by atoms with van der Waals surface area (Å²) >= 11 is 6.10. The van der Waals surface area contributed by atoms with Crippen molar-refractivity contribution in [3.05, 3.63) is 34.9 Å². The highest BCUT2D eigenvalue weighted by Gasteiger charge is 2.47. The second-order valence-corrected chi connectivity index (χ2v) is 5.41. The molecule has 1 aromatic carbocycles. The molecule has 1 unspecified atom stereocenters. The van der Waals surface area contributed by atoms with Gasteiger partial charge in [0.1, 0.15) is 0 Å². The smallest absolute Gasteiger partial charge is 0.0872 e. The van der Waals surface area contributed by atoms with Gasteiger partial charge < -0.3 is 10.8 Å². The van der Waals surface area contributed by atoms with Gasteiger partial charge in [-0.25, -0.2) is 0 Å². The Balaban J connectivity index is 2.25. The Bertz CT molecular complexity index is 374. The first-order valence-electron chi connectivity index (χ1n) is 5.71. The summed E-state index contributed by atoms with van der Waals surface area (Å²) < 4.78 is 0. The second-order valence-electron chi connectivity index (χ2n) is 5.00. The molecule has 0 aromatic heterocycles. The predicted octanol–water partition coefficient (Wildman–Crippen LogP) is 2.75. The van der Waals surface area contributed by atoms with E-state index in [4.69, 9.17) is 17.3 Å². The van der Waals surface area contributed by atoms with E-state index in [9.17, 15) is 5.11 Å². The topological polar surface area (TPSA) is 46.2 Å². The third kappa shape index (κ3) is 1.86. The van der Waals surface area contributed by atoms with E-state index < -0.39 is 6.10 Å². The molecule has 0 saturated heterocycles. The number of hydrogen-bond acceptors (Lipinski definition) is 2. The number of halogens is 1. The summed E-state index contributed by atoms with van der Waals surface area (Å²) in [7, 11) is 0. The maximum Gasteiger partial charge on any atom is 0.0872 e. The first kappa shape index (κ1) is 11.9. The predicted molar refractivity (Wildman–Crippen MR) is 66.3 cm³/mol. The summed E-state index contributed by atoms with van der Waals surface area (Å²) in [6, 6.07) is 7.47. The zero-order valence-electron chi connectivity index (χ0n) is 9.49. The quantitative estimate of drug-likeness (QED) is 0.852. The largest absolute Gasteiger partial charge is 0.388 e. The summed E-state index contributed by atoms with van der Waals surface area (Å²) in [4.78, 5) is 0. The van der Waals surface area contributed by atoms with Crippen molar-refractivity contribution in [3.8, 4) is 0 Å². The first-order chi connectivity index (χ1) is 7.59. The average Bonchev–Trinajstić information content (AvgIpc) is 2.24. The van der Waals surface area contributed by atoms with Crippen LogP contribution in [-0.4, -0.2) is 11.7 Å². The van der Waals surface area contributed by atoms with E-state index in [1.54, 1.807) is 0 Å². The molecule has 1 atom stereocenters. The van der Waals surface area contributed by atoms with E-state index in [0.717, 1.165) is 18.4 Å². The van der Waals surface area contributed by atoms with E-state index >= 15 is 0 Å². The molecule has 0 heterocycles. The zero-order valence-corrected chi connectivity index (χ0v) is 10.2. The van der Waals surface area contributed by atoms with E-state index in [1.165, 1.54) is 0 Å². The standard InChI is InChI=1S/C13H18ClNO/c1-9-6-13(7-9,8-15)12(16)10-4-2-3-5-11(10)14/h2-5,9,12,16H,6-8,15H2,1H3. The molecular weight excluding hydrogens is 222 g/mol. The number of aliphatic hydroxyl groups excluding tert-OH is 1. The number of hydrogen-bond donors (Lipinski definition) is 2. The van der Waals surface area contributed by atoms with Gasteiger partial charge in [-0.05, 0) is 30.4 Å². The van der Waals surface area contributed by atoms with Crippen molar-refractivity contribution < 1.29 is 5.11 Å². The number of benzene rings is 1. The van der Waals surface area contributed by atoms with Crippen LogP contribution in [0.15, 0.2) is 24.3 Å². The highest BCUT2D eigenvalue weighted by atomic mass is 35.5. The van der Waals surface area contributed by atoms with Crippen LogP contribution in [0.25, 0.3) is 0 Å². The zero-order chi connectivity index (χ0) is 11.8. The van der Waals surface area contributed by atoms with Crippen LogP contribution >= 0.6 is 11.6 Å². The normalized spacial score (nSPS) is 30.9. The molecule has 2 nitrogen and oxygen atoms in total. The third-order valence-corrected chi connectivity index (χ3v) is 4.04. The summed E-state index contributed by atoms with van der Waals surface area (Å²) in [5.74, 6) is 0.653. The van der Waals surface area contributed by atoms with Crippen molar-refractivity contribution in [1.29, 1.82) is 0 Å².